The van der Waals surface area contributed by atoms with Crippen LogP contribution in [0.1, 0.15) is 40.4 Å². The summed E-state index contributed by atoms with van der Waals surface area (Å²) in [6.07, 6.45) is 2.26. The molecule has 0 aromatic heterocycles. The number of carbonyl (C=O) groups excluding carboxylic acids is 3. The van der Waals surface area contributed by atoms with Crippen LogP contribution in [-0.4, -0.2) is 23.0 Å². The van der Waals surface area contributed by atoms with Gasteiger partial charge in [-0.3, -0.25) is 14.4 Å². The molecule has 4 aromatic carbocycles. The second-order valence-electron chi connectivity index (χ2n) is 9.66. The summed E-state index contributed by atoms with van der Waals surface area (Å²) in [6, 6.07) is 29.3. The van der Waals surface area contributed by atoms with Gasteiger partial charge in [0.05, 0.1) is 5.25 Å². The van der Waals surface area contributed by atoms with Gasteiger partial charge in [-0.2, -0.15) is 0 Å². The minimum absolute atomic E-state index is 0.0750. The highest BCUT2D eigenvalue weighted by atomic mass is 79.9. The Morgan fingerprint density at radius 2 is 1.57 bits per heavy atom. The van der Waals surface area contributed by atoms with Crippen LogP contribution in [0.4, 0.5) is 11.4 Å². The molecular weight excluding hydrogens is 610 g/mol. The average Bonchev–Trinajstić information content (AvgIpc) is 2.99. The van der Waals surface area contributed by atoms with Crippen molar-refractivity contribution in [2.24, 2.45) is 0 Å². The molecule has 0 saturated carbocycles. The van der Waals surface area contributed by atoms with Crippen molar-refractivity contribution in [2.75, 3.05) is 10.6 Å². The van der Waals surface area contributed by atoms with Crippen molar-refractivity contribution < 1.29 is 14.4 Å². The summed E-state index contributed by atoms with van der Waals surface area (Å²) in [5.74, 6) is -0.933. The van der Waals surface area contributed by atoms with Gasteiger partial charge in [-0.25, -0.2) is 0 Å². The maximum Gasteiger partial charge on any atom is 0.272 e. The van der Waals surface area contributed by atoms with Gasteiger partial charge in [0.1, 0.15) is 5.70 Å². The SMILES string of the molecule is CCC(Sc1cccc(NC(=O)/C(=C\c2ccc(Br)cc2)NC(=O)c2ccccc2)c1)C(=O)Nc1cccc(C)c1C. The number of amides is 3. The number of carbonyl (C=O) groups is 3. The lowest BCUT2D eigenvalue weighted by Crippen LogP contribution is -2.30. The van der Waals surface area contributed by atoms with Crippen LogP contribution in [0.2, 0.25) is 0 Å². The molecule has 0 spiro atoms. The summed E-state index contributed by atoms with van der Waals surface area (Å²) in [5, 5.41) is 8.40. The fourth-order valence-corrected chi connectivity index (χ4v) is 5.38. The maximum atomic E-state index is 13.4. The molecule has 0 fully saturated rings. The third-order valence-corrected chi connectivity index (χ3v) is 8.49. The normalized spacial score (nSPS) is 11.9. The van der Waals surface area contributed by atoms with E-state index in [0.29, 0.717) is 17.7 Å². The van der Waals surface area contributed by atoms with Crippen LogP contribution in [-0.2, 0) is 9.59 Å². The summed E-state index contributed by atoms with van der Waals surface area (Å²) >= 11 is 4.85. The summed E-state index contributed by atoms with van der Waals surface area (Å²) < 4.78 is 0.904. The van der Waals surface area contributed by atoms with Gasteiger partial charge < -0.3 is 16.0 Å². The Bertz CT molecular complexity index is 1600. The Morgan fingerprint density at radius 1 is 0.857 bits per heavy atom. The smallest absolute Gasteiger partial charge is 0.272 e. The summed E-state index contributed by atoms with van der Waals surface area (Å²) in [4.78, 5) is 40.3. The molecule has 1 unspecified atom stereocenters. The first-order chi connectivity index (χ1) is 20.2. The fraction of sp³-hybridized carbons (Fsp3) is 0.147. The minimum atomic E-state index is -0.468. The molecule has 4 aromatic rings. The molecule has 1 atom stereocenters. The van der Waals surface area contributed by atoms with E-state index in [0.717, 1.165) is 31.7 Å². The van der Waals surface area contributed by atoms with Gasteiger partial charge in [-0.1, -0.05) is 71.4 Å². The highest BCUT2D eigenvalue weighted by Crippen LogP contribution is 2.29. The van der Waals surface area contributed by atoms with E-state index < -0.39 is 5.91 Å². The topological polar surface area (TPSA) is 87.3 Å². The number of benzene rings is 4. The second kappa shape index (κ2) is 14.7. The van der Waals surface area contributed by atoms with Crippen molar-refractivity contribution >= 4 is 62.9 Å². The molecule has 0 heterocycles. The molecule has 6 nitrogen and oxygen atoms in total. The van der Waals surface area contributed by atoms with Crippen LogP contribution in [0.3, 0.4) is 0 Å². The Balaban J connectivity index is 1.50. The van der Waals surface area contributed by atoms with Gasteiger partial charge >= 0.3 is 0 Å². The second-order valence-corrected chi connectivity index (χ2v) is 11.9. The Hall–Kier alpha value is -4.14. The summed E-state index contributed by atoms with van der Waals surface area (Å²) in [6.45, 7) is 5.98. The molecule has 3 N–H and O–H groups in total. The van der Waals surface area contributed by atoms with Crippen LogP contribution in [0, 0.1) is 13.8 Å². The van der Waals surface area contributed by atoms with Gasteiger partial charge in [-0.15, -0.1) is 11.8 Å². The zero-order valence-corrected chi connectivity index (χ0v) is 26.0. The van der Waals surface area contributed by atoms with Gasteiger partial charge in [0.25, 0.3) is 11.8 Å². The first kappa shape index (κ1) is 30.8. The van der Waals surface area contributed by atoms with Gasteiger partial charge in [0.2, 0.25) is 5.91 Å². The number of aryl methyl sites for hydroxylation is 1. The minimum Gasteiger partial charge on any atom is -0.325 e. The number of hydrogen-bond donors (Lipinski definition) is 3. The molecule has 0 bridgehead atoms. The van der Waals surface area contributed by atoms with Crippen molar-refractivity contribution in [1.82, 2.24) is 5.32 Å². The fourth-order valence-electron chi connectivity index (χ4n) is 4.10. The van der Waals surface area contributed by atoms with E-state index in [-0.39, 0.29) is 22.8 Å². The molecule has 214 valence electrons. The first-order valence-electron chi connectivity index (χ1n) is 13.5. The zero-order chi connectivity index (χ0) is 30.1. The van der Waals surface area contributed by atoms with Crippen LogP contribution in [0.15, 0.2) is 112 Å². The van der Waals surface area contributed by atoms with Gasteiger partial charge in [0, 0.05) is 26.3 Å². The van der Waals surface area contributed by atoms with Crippen LogP contribution in [0.25, 0.3) is 6.08 Å². The lowest BCUT2D eigenvalue weighted by molar-refractivity contribution is -0.116. The van der Waals surface area contributed by atoms with Gasteiger partial charge in [-0.05, 0) is 91.6 Å². The average molecular weight is 643 g/mol. The van der Waals surface area contributed by atoms with E-state index in [2.05, 4.69) is 31.9 Å². The predicted octanol–water partition coefficient (Wildman–Crippen LogP) is 7.98. The first-order valence-corrected chi connectivity index (χ1v) is 15.2. The Kier molecular flexibility index (Phi) is 10.8. The van der Waals surface area contributed by atoms with E-state index in [1.165, 1.54) is 11.8 Å². The number of rotatable bonds is 10. The molecule has 0 radical (unpaired) electrons. The number of halogens is 1. The van der Waals surface area contributed by atoms with Gasteiger partial charge in [0.15, 0.2) is 0 Å². The Morgan fingerprint density at radius 3 is 2.29 bits per heavy atom. The van der Waals surface area contributed by atoms with E-state index in [4.69, 9.17) is 0 Å². The molecule has 0 aliphatic heterocycles. The van der Waals surface area contributed by atoms with Crippen molar-refractivity contribution in [2.45, 2.75) is 37.3 Å². The van der Waals surface area contributed by atoms with E-state index in [9.17, 15) is 14.4 Å². The quantitative estimate of drug-likeness (QED) is 0.121. The van der Waals surface area contributed by atoms with Crippen molar-refractivity contribution in [3.8, 4) is 0 Å². The van der Waals surface area contributed by atoms with Crippen molar-refractivity contribution in [3.63, 3.8) is 0 Å². The monoisotopic (exact) mass is 641 g/mol. The van der Waals surface area contributed by atoms with E-state index in [1.807, 2.05) is 87.5 Å². The van der Waals surface area contributed by atoms with E-state index >= 15 is 0 Å². The lowest BCUT2D eigenvalue weighted by atomic mass is 10.1. The summed E-state index contributed by atoms with van der Waals surface area (Å²) in [7, 11) is 0. The molecule has 42 heavy (non-hydrogen) atoms. The molecular formula is C34H32BrN3O3S. The van der Waals surface area contributed by atoms with E-state index in [1.54, 1.807) is 36.4 Å². The highest BCUT2D eigenvalue weighted by molar-refractivity contribution is 9.10. The molecule has 8 heteroatoms. The van der Waals surface area contributed by atoms with Crippen LogP contribution in [0.5, 0.6) is 0 Å². The number of thioether (sulfide) groups is 1. The maximum absolute atomic E-state index is 13.4. The number of hydrogen-bond acceptors (Lipinski definition) is 4. The van der Waals surface area contributed by atoms with Crippen molar-refractivity contribution in [1.29, 1.82) is 0 Å². The highest BCUT2D eigenvalue weighted by Gasteiger charge is 2.20. The van der Waals surface area contributed by atoms with Crippen LogP contribution < -0.4 is 16.0 Å². The molecule has 0 aliphatic carbocycles. The third-order valence-electron chi connectivity index (χ3n) is 6.61. The molecule has 0 aliphatic rings. The standard InChI is InChI=1S/C34H32BrN3O3S/c1-4-31(34(41)37-29-15-8-10-22(2)23(29)3)42-28-14-9-13-27(21-28)36-33(40)30(20-24-16-18-26(35)19-17-24)38-32(39)25-11-6-5-7-12-25/h5-21,31H,4H2,1-3H3,(H,36,40)(H,37,41)(H,38,39)/b30-20+. The number of anilines is 2. The van der Waals surface area contributed by atoms with Crippen molar-refractivity contribution in [3.05, 3.63) is 129 Å². The zero-order valence-electron chi connectivity index (χ0n) is 23.6. The molecule has 4 rings (SSSR count). The lowest BCUT2D eigenvalue weighted by Gasteiger charge is -2.17. The molecule has 3 amide bonds. The Labute approximate surface area is 259 Å². The van der Waals surface area contributed by atoms with Crippen LogP contribution >= 0.6 is 27.7 Å². The number of nitrogens with one attached hydrogen (secondary N) is 3. The third kappa shape index (κ3) is 8.44. The predicted molar refractivity (Wildman–Crippen MR) is 176 cm³/mol. The largest absolute Gasteiger partial charge is 0.325 e. The summed E-state index contributed by atoms with van der Waals surface area (Å²) in [5.41, 5.74) is 4.81. The molecule has 0 saturated heterocycles.